The number of ether oxygens (including phenoxy) is 4. The first kappa shape index (κ1) is 64.1. The number of methoxy groups -OCH3 is 3. The van der Waals surface area contributed by atoms with E-state index in [-0.39, 0.29) is 34.0 Å². The average molecular weight is 1170 g/mol. The molecule has 442 valence electrons. The molecule has 9 rings (SSSR count). The van der Waals surface area contributed by atoms with E-state index in [1.807, 2.05) is 27.7 Å². The molecule has 0 radical (unpaired) electrons. The Morgan fingerprint density at radius 2 is 0.771 bits per heavy atom. The number of nitrogens with one attached hydrogen (secondary N) is 3. The molecule has 0 saturated carbocycles. The average Bonchev–Trinajstić information content (AvgIpc) is 4.52. The summed E-state index contributed by atoms with van der Waals surface area (Å²) in [5.41, 5.74) is 0.916. The number of aromatic nitrogens is 12. The SMILES string of the molecule is CC.CC.COC(=O)C(Nc1cc(C(F)(F)F)nc2ncnn12)c1ccc(C(F)F)cc1.COC(=O)C(Nc1cc(C)nc2ncnn12)c1ccc(C(F)F)cc1.COC(=O)C(Nc1cc(C)nc2ncnn12)c1ccc(OC(F)F)cc1. The number of benzene rings is 3. The predicted octanol–water partition coefficient (Wildman–Crippen LogP) is 10.5. The van der Waals surface area contributed by atoms with Crippen molar-refractivity contribution in [2.75, 3.05) is 37.3 Å². The zero-order valence-corrected chi connectivity index (χ0v) is 45.5. The first-order valence-electron chi connectivity index (χ1n) is 24.6. The fraction of sp³-hybridized carbons (Fsp3) is 0.308. The van der Waals surface area contributed by atoms with Crippen molar-refractivity contribution in [1.29, 1.82) is 0 Å². The molecular weight excluding hydrogens is 1120 g/mol. The minimum absolute atomic E-state index is 0.00853. The van der Waals surface area contributed by atoms with E-state index in [0.29, 0.717) is 51.8 Å². The van der Waals surface area contributed by atoms with Crippen molar-refractivity contribution in [2.24, 2.45) is 0 Å². The largest absolute Gasteiger partial charge is 0.467 e. The van der Waals surface area contributed by atoms with Crippen LogP contribution in [-0.2, 0) is 34.8 Å². The van der Waals surface area contributed by atoms with Crippen molar-refractivity contribution in [1.82, 2.24) is 58.7 Å². The number of rotatable bonds is 16. The molecule has 0 bridgehead atoms. The molecule has 6 heterocycles. The zero-order chi connectivity index (χ0) is 61.1. The van der Waals surface area contributed by atoms with Crippen LogP contribution in [0.4, 0.5) is 57.0 Å². The van der Waals surface area contributed by atoms with Crippen LogP contribution in [0, 0.1) is 13.8 Å². The number of anilines is 3. The van der Waals surface area contributed by atoms with Gasteiger partial charge in [0.25, 0.3) is 30.2 Å². The van der Waals surface area contributed by atoms with Gasteiger partial charge in [-0.25, -0.2) is 46.9 Å². The fourth-order valence-corrected chi connectivity index (χ4v) is 7.27. The molecule has 0 amide bonds. The van der Waals surface area contributed by atoms with Gasteiger partial charge < -0.3 is 34.9 Å². The van der Waals surface area contributed by atoms with Crippen LogP contribution in [0.15, 0.2) is 110 Å². The van der Waals surface area contributed by atoms with Gasteiger partial charge in [-0.05, 0) is 42.7 Å². The standard InChI is InChI=1S/C16H12F5N5O2.C16H15F2N5O3.C16H15F2N5O2.2C2H6/c1-28-14(27)12(8-2-4-9(5-3-8)13(17)18)25-11-6-10(16(19,20)21)24-15-22-7-23-26(11)15;1-9-7-12(23-16(21-9)19-8-20-23)22-13(14(24)25-2)10-3-5-11(6-4-10)26-15(17)18;1-9-7-12(23-16(21-9)19-8-20-23)22-13(15(24)25-2)10-3-5-11(6-4-10)14(17)18;2*1-2/h2-7,12-13,25H,1H3;3-8,13,15,22H,1-2H3;3-8,13-14,22H,1-2H3;2*1-2H3. The second kappa shape index (κ2) is 29.7. The number of hydrogen-bond donors (Lipinski definition) is 3. The molecule has 0 fully saturated rings. The second-order valence-corrected chi connectivity index (χ2v) is 16.2. The number of nitrogens with zero attached hydrogens (tertiary/aromatic N) is 12. The summed E-state index contributed by atoms with van der Waals surface area (Å²) in [5, 5.41) is 20.5. The first-order valence-corrected chi connectivity index (χ1v) is 24.6. The van der Waals surface area contributed by atoms with Crippen LogP contribution in [0.2, 0.25) is 0 Å². The molecule has 0 aliphatic carbocycles. The highest BCUT2D eigenvalue weighted by atomic mass is 19.4. The predicted molar refractivity (Wildman–Crippen MR) is 281 cm³/mol. The molecule has 9 aromatic rings. The van der Waals surface area contributed by atoms with Gasteiger partial charge in [0.15, 0.2) is 23.8 Å². The molecule has 3 atom stereocenters. The maximum atomic E-state index is 13.1. The quantitative estimate of drug-likeness (QED) is 0.0462. The molecular formula is C52H54F9N15O7. The third-order valence-electron chi connectivity index (χ3n) is 11.0. The molecule has 0 aliphatic heterocycles. The van der Waals surface area contributed by atoms with E-state index >= 15 is 0 Å². The van der Waals surface area contributed by atoms with Crippen molar-refractivity contribution < 1.29 is 72.8 Å². The van der Waals surface area contributed by atoms with Crippen LogP contribution < -0.4 is 20.7 Å². The third kappa shape index (κ3) is 16.7. The number of alkyl halides is 9. The topological polar surface area (TPSA) is 253 Å². The molecule has 3 unspecified atom stereocenters. The van der Waals surface area contributed by atoms with Crippen molar-refractivity contribution in [3.8, 4) is 5.75 Å². The number of halogens is 9. The van der Waals surface area contributed by atoms with Gasteiger partial charge in [-0.15, -0.1) is 0 Å². The Morgan fingerprint density at radius 1 is 0.470 bits per heavy atom. The van der Waals surface area contributed by atoms with Gasteiger partial charge in [-0.1, -0.05) is 88.4 Å². The minimum Gasteiger partial charge on any atom is -0.467 e. The summed E-state index contributed by atoms with van der Waals surface area (Å²) in [6.45, 7) is 8.64. The van der Waals surface area contributed by atoms with Crippen molar-refractivity contribution >= 4 is 52.7 Å². The van der Waals surface area contributed by atoms with Crippen molar-refractivity contribution in [2.45, 2.75) is 85.3 Å². The summed E-state index contributed by atoms with van der Waals surface area (Å²) in [5.74, 6) is -0.841. The van der Waals surface area contributed by atoms with Crippen LogP contribution in [0.1, 0.15) is 104 Å². The van der Waals surface area contributed by atoms with E-state index in [1.54, 1.807) is 26.0 Å². The first-order chi connectivity index (χ1) is 39.7. The number of carbonyl (C=O) groups excluding carboxylic acids is 3. The van der Waals surface area contributed by atoms with Gasteiger partial charge in [-0.2, -0.15) is 65.7 Å². The summed E-state index contributed by atoms with van der Waals surface area (Å²) in [4.78, 5) is 60.1. The summed E-state index contributed by atoms with van der Waals surface area (Å²) < 4.78 is 137. The molecule has 83 heavy (non-hydrogen) atoms. The monoisotopic (exact) mass is 1170 g/mol. The van der Waals surface area contributed by atoms with Gasteiger partial charge in [-0.3, -0.25) is 0 Å². The lowest BCUT2D eigenvalue weighted by atomic mass is 10.0. The van der Waals surface area contributed by atoms with E-state index in [0.717, 1.165) is 30.1 Å². The van der Waals surface area contributed by atoms with Crippen molar-refractivity contribution in [3.63, 3.8) is 0 Å². The third-order valence-corrected chi connectivity index (χ3v) is 11.0. The lowest BCUT2D eigenvalue weighted by molar-refractivity contribution is -0.142. The second-order valence-electron chi connectivity index (χ2n) is 16.2. The highest BCUT2D eigenvalue weighted by Crippen LogP contribution is 2.32. The molecule has 6 aromatic heterocycles. The number of fused-ring (bicyclic) bond motifs is 3. The van der Waals surface area contributed by atoms with Crippen LogP contribution in [0.3, 0.4) is 0 Å². The molecule has 0 saturated heterocycles. The maximum absolute atomic E-state index is 13.1. The molecule has 3 aromatic carbocycles. The van der Waals surface area contributed by atoms with Gasteiger partial charge in [0, 0.05) is 40.7 Å². The Morgan fingerprint density at radius 3 is 1.07 bits per heavy atom. The Balaban J connectivity index is 0.000000221. The molecule has 31 heteroatoms. The Kier molecular flexibility index (Phi) is 22.9. The smallest absolute Gasteiger partial charge is 0.433 e. The van der Waals surface area contributed by atoms with E-state index in [9.17, 15) is 53.9 Å². The summed E-state index contributed by atoms with van der Waals surface area (Å²) in [7, 11) is 3.60. The summed E-state index contributed by atoms with van der Waals surface area (Å²) >= 11 is 0. The van der Waals surface area contributed by atoms with Crippen molar-refractivity contribution in [3.05, 3.63) is 155 Å². The molecule has 0 spiro atoms. The Labute approximate surface area is 466 Å². The number of hydrogen-bond acceptors (Lipinski definition) is 19. The van der Waals surface area contributed by atoms with E-state index < -0.39 is 67.4 Å². The van der Waals surface area contributed by atoms with Crippen LogP contribution in [0.5, 0.6) is 5.75 Å². The zero-order valence-electron chi connectivity index (χ0n) is 45.5. The summed E-state index contributed by atoms with van der Waals surface area (Å²) in [6.07, 6.45) is -6.35. The summed E-state index contributed by atoms with van der Waals surface area (Å²) in [6, 6.07) is 16.9. The number of aryl methyl sites for hydroxylation is 2. The van der Waals surface area contributed by atoms with Crippen LogP contribution >= 0.6 is 0 Å². The molecule has 0 aliphatic rings. The number of carbonyl (C=O) groups is 3. The Hall–Kier alpha value is -9.71. The van der Waals surface area contributed by atoms with E-state index in [4.69, 9.17) is 9.47 Å². The van der Waals surface area contributed by atoms with E-state index in [1.165, 1.54) is 96.6 Å². The van der Waals surface area contributed by atoms with Crippen LogP contribution in [-0.4, -0.2) is 105 Å². The van der Waals surface area contributed by atoms with Gasteiger partial charge in [0.05, 0.1) is 21.3 Å². The molecule has 22 nitrogen and oxygen atoms in total. The highest BCUT2D eigenvalue weighted by Gasteiger charge is 2.35. The van der Waals surface area contributed by atoms with Gasteiger partial charge in [0.1, 0.15) is 42.2 Å². The van der Waals surface area contributed by atoms with Crippen LogP contribution in [0.25, 0.3) is 17.3 Å². The lowest BCUT2D eigenvalue weighted by Gasteiger charge is -2.19. The normalized spacial score (nSPS) is 12.1. The fourth-order valence-electron chi connectivity index (χ4n) is 7.27. The van der Waals surface area contributed by atoms with Gasteiger partial charge >= 0.3 is 30.7 Å². The number of esters is 3. The maximum Gasteiger partial charge on any atom is 0.433 e. The minimum atomic E-state index is -4.76. The molecule has 3 N–H and O–H groups in total. The Bertz CT molecular complexity index is 3530. The van der Waals surface area contributed by atoms with E-state index in [2.05, 4.69) is 70.6 Å². The van der Waals surface area contributed by atoms with Gasteiger partial charge in [0.2, 0.25) is 0 Å². The lowest BCUT2D eigenvalue weighted by Crippen LogP contribution is -2.24. The highest BCUT2D eigenvalue weighted by molar-refractivity contribution is 5.82.